The molecule has 0 aliphatic rings. The number of nitrogens with zero attached hydrogens (tertiary/aromatic N) is 2. The summed E-state index contributed by atoms with van der Waals surface area (Å²) in [4.78, 5) is 0. The minimum absolute atomic E-state index is 0.289. The molecule has 5 heteroatoms. The predicted octanol–water partition coefficient (Wildman–Crippen LogP) is 2.58. The maximum absolute atomic E-state index is 6.39. The van der Waals surface area contributed by atoms with Gasteiger partial charge < -0.3 is 10.1 Å². The topological polar surface area (TPSA) is 39.1 Å². The van der Waals surface area contributed by atoms with Crippen molar-refractivity contribution in [3.05, 3.63) is 16.4 Å². The molecule has 0 aliphatic carbocycles. The number of aromatic nitrogens is 2. The van der Waals surface area contributed by atoms with Gasteiger partial charge in [-0.15, -0.1) is 0 Å². The van der Waals surface area contributed by atoms with Crippen molar-refractivity contribution in [3.63, 3.8) is 0 Å². The summed E-state index contributed by atoms with van der Waals surface area (Å²) in [5, 5.41) is 8.78. The molecule has 1 atom stereocenters. The third-order valence-electron chi connectivity index (χ3n) is 3.15. The minimum Gasteiger partial charge on any atom is -0.380 e. The normalized spacial score (nSPS) is 12.9. The number of rotatable bonds is 9. The molecule has 0 spiro atoms. The maximum atomic E-state index is 6.39. The van der Waals surface area contributed by atoms with Gasteiger partial charge >= 0.3 is 0 Å². The van der Waals surface area contributed by atoms with Crippen LogP contribution < -0.4 is 5.32 Å². The third-order valence-corrected chi connectivity index (χ3v) is 3.59. The van der Waals surface area contributed by atoms with Crippen molar-refractivity contribution >= 4 is 11.6 Å². The van der Waals surface area contributed by atoms with Gasteiger partial charge in [-0.3, -0.25) is 4.68 Å². The molecule has 0 aromatic carbocycles. The summed E-state index contributed by atoms with van der Waals surface area (Å²) in [6.45, 7) is 8.70. The molecule has 4 nitrogen and oxygen atoms in total. The Hall–Kier alpha value is -0.580. The molecule has 110 valence electrons. The van der Waals surface area contributed by atoms with E-state index in [4.69, 9.17) is 16.3 Å². The Labute approximate surface area is 121 Å². The van der Waals surface area contributed by atoms with Crippen molar-refractivity contribution in [2.24, 2.45) is 7.05 Å². The van der Waals surface area contributed by atoms with Gasteiger partial charge in [0.2, 0.25) is 0 Å². The summed E-state index contributed by atoms with van der Waals surface area (Å²) in [5.74, 6) is 0. The van der Waals surface area contributed by atoms with E-state index in [0.29, 0.717) is 6.61 Å². The minimum atomic E-state index is 0.289. The summed E-state index contributed by atoms with van der Waals surface area (Å²) in [7, 11) is 1.96. The predicted molar refractivity (Wildman–Crippen MR) is 79.9 cm³/mol. The molecule has 1 aromatic rings. The molecular formula is C14H26ClN3O. The van der Waals surface area contributed by atoms with Crippen molar-refractivity contribution in [3.8, 4) is 0 Å². The Kier molecular flexibility index (Phi) is 7.42. The highest BCUT2D eigenvalue weighted by atomic mass is 35.5. The molecule has 1 N–H and O–H groups in total. The van der Waals surface area contributed by atoms with Gasteiger partial charge in [-0.2, -0.15) is 5.10 Å². The molecule has 0 amide bonds. The van der Waals surface area contributed by atoms with E-state index in [1.54, 1.807) is 0 Å². The van der Waals surface area contributed by atoms with Crippen LogP contribution in [0.4, 0.5) is 0 Å². The fraction of sp³-hybridized carbons (Fsp3) is 0.786. The van der Waals surface area contributed by atoms with Gasteiger partial charge in [-0.1, -0.05) is 25.4 Å². The molecule has 0 saturated carbocycles. The highest BCUT2D eigenvalue weighted by molar-refractivity contribution is 6.31. The van der Waals surface area contributed by atoms with Crippen LogP contribution in [0.2, 0.25) is 5.02 Å². The zero-order valence-corrected chi connectivity index (χ0v) is 13.3. The Morgan fingerprint density at radius 1 is 1.37 bits per heavy atom. The van der Waals surface area contributed by atoms with Gasteiger partial charge in [0.1, 0.15) is 0 Å². The standard InChI is InChI=1S/C14H26ClN3O/c1-5-8-16-11(10-19-7-3)9-13-14(15)12(6-2)17-18(13)4/h11,16H,5-10H2,1-4H3. The first-order chi connectivity index (χ1) is 9.13. The van der Waals surface area contributed by atoms with E-state index in [-0.39, 0.29) is 6.04 Å². The highest BCUT2D eigenvalue weighted by Crippen LogP contribution is 2.22. The van der Waals surface area contributed by atoms with Gasteiger partial charge in [0.15, 0.2) is 0 Å². The second kappa shape index (κ2) is 8.56. The zero-order valence-electron chi connectivity index (χ0n) is 12.5. The van der Waals surface area contributed by atoms with Crippen LogP contribution in [0, 0.1) is 0 Å². The van der Waals surface area contributed by atoms with Crippen molar-refractivity contribution < 1.29 is 4.74 Å². The molecule has 1 aromatic heterocycles. The third kappa shape index (κ3) is 4.79. The molecular weight excluding hydrogens is 262 g/mol. The van der Waals surface area contributed by atoms with Crippen LogP contribution in [-0.2, 0) is 24.6 Å². The first-order valence-corrected chi connectivity index (χ1v) is 7.53. The quantitative estimate of drug-likeness (QED) is 0.759. The molecule has 19 heavy (non-hydrogen) atoms. The first kappa shape index (κ1) is 16.5. The highest BCUT2D eigenvalue weighted by Gasteiger charge is 2.17. The van der Waals surface area contributed by atoms with Gasteiger partial charge in [0.25, 0.3) is 0 Å². The van der Waals surface area contributed by atoms with Crippen molar-refractivity contribution in [2.45, 2.75) is 46.1 Å². The molecule has 1 heterocycles. The zero-order chi connectivity index (χ0) is 14.3. The average Bonchev–Trinajstić information content (AvgIpc) is 2.68. The SMILES string of the molecule is CCCNC(COCC)Cc1c(Cl)c(CC)nn1C. The summed E-state index contributed by atoms with van der Waals surface area (Å²) in [6, 6.07) is 0.289. The fourth-order valence-corrected chi connectivity index (χ4v) is 2.44. The lowest BCUT2D eigenvalue weighted by Gasteiger charge is -2.18. The number of hydrogen-bond donors (Lipinski definition) is 1. The molecule has 0 bridgehead atoms. The fourth-order valence-electron chi connectivity index (χ4n) is 2.07. The molecule has 0 fully saturated rings. The van der Waals surface area contributed by atoms with Crippen LogP contribution in [-0.4, -0.2) is 35.6 Å². The van der Waals surface area contributed by atoms with E-state index < -0.39 is 0 Å². The van der Waals surface area contributed by atoms with Crippen LogP contribution in [0.25, 0.3) is 0 Å². The summed E-state index contributed by atoms with van der Waals surface area (Å²) in [5.41, 5.74) is 2.07. The van der Waals surface area contributed by atoms with Crippen molar-refractivity contribution in [2.75, 3.05) is 19.8 Å². The van der Waals surface area contributed by atoms with Gasteiger partial charge in [0, 0.05) is 26.1 Å². The Morgan fingerprint density at radius 3 is 2.63 bits per heavy atom. The molecule has 1 unspecified atom stereocenters. The van der Waals surface area contributed by atoms with Crippen LogP contribution in [0.1, 0.15) is 38.6 Å². The number of aryl methyl sites for hydroxylation is 2. The molecule has 0 radical (unpaired) electrons. The van der Waals surface area contributed by atoms with E-state index in [2.05, 4.69) is 24.3 Å². The van der Waals surface area contributed by atoms with Crippen LogP contribution in [0.15, 0.2) is 0 Å². The summed E-state index contributed by atoms with van der Waals surface area (Å²) >= 11 is 6.39. The van der Waals surface area contributed by atoms with E-state index >= 15 is 0 Å². The van der Waals surface area contributed by atoms with Gasteiger partial charge in [0.05, 0.1) is 23.0 Å². The van der Waals surface area contributed by atoms with Crippen molar-refractivity contribution in [1.29, 1.82) is 0 Å². The molecule has 1 rings (SSSR count). The number of hydrogen-bond acceptors (Lipinski definition) is 3. The average molecular weight is 288 g/mol. The van der Waals surface area contributed by atoms with E-state index in [0.717, 1.165) is 48.8 Å². The molecule has 0 aliphatic heterocycles. The second-order valence-corrected chi connectivity index (χ2v) is 5.08. The number of halogens is 1. The summed E-state index contributed by atoms with van der Waals surface area (Å²) in [6.07, 6.45) is 2.83. The van der Waals surface area contributed by atoms with Crippen LogP contribution >= 0.6 is 11.6 Å². The lowest BCUT2D eigenvalue weighted by molar-refractivity contribution is 0.122. The number of nitrogens with one attached hydrogen (secondary N) is 1. The smallest absolute Gasteiger partial charge is 0.0850 e. The van der Waals surface area contributed by atoms with E-state index in [1.807, 2.05) is 18.7 Å². The first-order valence-electron chi connectivity index (χ1n) is 7.15. The van der Waals surface area contributed by atoms with Crippen LogP contribution in [0.5, 0.6) is 0 Å². The Morgan fingerprint density at radius 2 is 2.11 bits per heavy atom. The van der Waals surface area contributed by atoms with E-state index in [1.165, 1.54) is 0 Å². The Balaban J connectivity index is 2.73. The van der Waals surface area contributed by atoms with Crippen LogP contribution in [0.3, 0.4) is 0 Å². The lowest BCUT2D eigenvalue weighted by atomic mass is 10.1. The van der Waals surface area contributed by atoms with E-state index in [9.17, 15) is 0 Å². The van der Waals surface area contributed by atoms with Gasteiger partial charge in [-0.05, 0) is 26.3 Å². The van der Waals surface area contributed by atoms with Crippen molar-refractivity contribution in [1.82, 2.24) is 15.1 Å². The number of ether oxygens (including phenoxy) is 1. The van der Waals surface area contributed by atoms with Gasteiger partial charge in [-0.25, -0.2) is 0 Å². The monoisotopic (exact) mass is 287 g/mol. The largest absolute Gasteiger partial charge is 0.380 e. The Bertz CT molecular complexity index is 371. The summed E-state index contributed by atoms with van der Waals surface area (Å²) < 4.78 is 7.44. The lowest BCUT2D eigenvalue weighted by Crippen LogP contribution is -2.36. The maximum Gasteiger partial charge on any atom is 0.0850 e. The molecule has 0 saturated heterocycles. The second-order valence-electron chi connectivity index (χ2n) is 4.70.